The van der Waals surface area contributed by atoms with Gasteiger partial charge in [-0.3, -0.25) is 10.2 Å². The van der Waals surface area contributed by atoms with Crippen LogP contribution in [0.1, 0.15) is 18.7 Å². The van der Waals surface area contributed by atoms with E-state index in [1.165, 1.54) is 0 Å². The largest absolute Gasteiger partial charge is 0.441 e. The van der Waals surface area contributed by atoms with Crippen molar-refractivity contribution in [3.05, 3.63) is 36.4 Å². The van der Waals surface area contributed by atoms with E-state index >= 15 is 0 Å². The number of aromatic nitrogens is 3. The first-order valence-electron chi connectivity index (χ1n) is 10.7. The van der Waals surface area contributed by atoms with Crippen LogP contribution in [0.25, 0.3) is 22.2 Å². The molecule has 0 aliphatic carbocycles. The Kier molecular flexibility index (Phi) is 5.52. The highest BCUT2D eigenvalue weighted by Gasteiger charge is 2.28. The second kappa shape index (κ2) is 8.60. The minimum absolute atomic E-state index is 0.129. The SMILES string of the molecule is Cc1ncc(-c2ccc3nnc(NC(=O)N4CCC(N5CCOCC5)CC4)cc3c2)o1. The number of likely N-dealkylation sites (tertiary alicyclic amines) is 1. The molecule has 2 aromatic heterocycles. The van der Waals surface area contributed by atoms with Gasteiger partial charge in [0.15, 0.2) is 17.5 Å². The Bertz CT molecular complexity index is 1070. The molecule has 4 heterocycles. The summed E-state index contributed by atoms with van der Waals surface area (Å²) in [4.78, 5) is 21.3. The first-order valence-corrected chi connectivity index (χ1v) is 10.7. The zero-order valence-electron chi connectivity index (χ0n) is 17.6. The molecule has 31 heavy (non-hydrogen) atoms. The van der Waals surface area contributed by atoms with Crippen molar-refractivity contribution in [1.82, 2.24) is 25.0 Å². The van der Waals surface area contributed by atoms with E-state index in [9.17, 15) is 4.79 Å². The number of benzene rings is 1. The maximum absolute atomic E-state index is 12.8. The molecule has 0 radical (unpaired) electrons. The second-order valence-corrected chi connectivity index (χ2v) is 8.04. The van der Waals surface area contributed by atoms with Gasteiger partial charge >= 0.3 is 6.03 Å². The number of ether oxygens (including phenoxy) is 1. The molecule has 2 aliphatic heterocycles. The van der Waals surface area contributed by atoms with Gasteiger partial charge in [0.25, 0.3) is 0 Å². The highest BCUT2D eigenvalue weighted by Crippen LogP contribution is 2.25. The number of carbonyl (C=O) groups is 1. The summed E-state index contributed by atoms with van der Waals surface area (Å²) in [7, 11) is 0. The molecule has 3 aromatic rings. The fourth-order valence-corrected chi connectivity index (χ4v) is 4.32. The van der Waals surface area contributed by atoms with Crippen LogP contribution in [0.3, 0.4) is 0 Å². The third-order valence-corrected chi connectivity index (χ3v) is 6.04. The Morgan fingerprint density at radius 3 is 2.65 bits per heavy atom. The van der Waals surface area contributed by atoms with Gasteiger partial charge in [-0.25, -0.2) is 9.78 Å². The summed E-state index contributed by atoms with van der Waals surface area (Å²) in [5.74, 6) is 1.76. The van der Waals surface area contributed by atoms with Crippen molar-refractivity contribution in [2.75, 3.05) is 44.7 Å². The fourth-order valence-electron chi connectivity index (χ4n) is 4.32. The minimum atomic E-state index is -0.129. The summed E-state index contributed by atoms with van der Waals surface area (Å²) in [6.45, 7) is 6.87. The number of anilines is 1. The fraction of sp³-hybridized carbons (Fsp3) is 0.455. The highest BCUT2D eigenvalue weighted by molar-refractivity contribution is 5.91. The van der Waals surface area contributed by atoms with Crippen molar-refractivity contribution in [3.8, 4) is 11.3 Å². The molecule has 2 fully saturated rings. The number of piperidine rings is 1. The number of oxazole rings is 1. The smallest absolute Gasteiger partial charge is 0.323 e. The van der Waals surface area contributed by atoms with Crippen LogP contribution in [-0.2, 0) is 4.74 Å². The molecule has 0 unspecified atom stereocenters. The van der Waals surface area contributed by atoms with Crippen molar-refractivity contribution >= 4 is 22.8 Å². The Morgan fingerprint density at radius 2 is 1.90 bits per heavy atom. The number of aryl methyl sites for hydroxylation is 1. The van der Waals surface area contributed by atoms with Crippen LogP contribution in [0, 0.1) is 6.92 Å². The van der Waals surface area contributed by atoms with Crippen molar-refractivity contribution in [2.45, 2.75) is 25.8 Å². The predicted molar refractivity (Wildman–Crippen MR) is 116 cm³/mol. The lowest BCUT2D eigenvalue weighted by atomic mass is 10.0. The van der Waals surface area contributed by atoms with E-state index < -0.39 is 0 Å². The zero-order chi connectivity index (χ0) is 21.2. The monoisotopic (exact) mass is 422 g/mol. The van der Waals surface area contributed by atoms with E-state index in [4.69, 9.17) is 9.15 Å². The lowest BCUT2D eigenvalue weighted by molar-refractivity contribution is 0.00419. The first-order chi connectivity index (χ1) is 15.2. The Morgan fingerprint density at radius 1 is 1.10 bits per heavy atom. The van der Waals surface area contributed by atoms with Crippen LogP contribution in [0.2, 0.25) is 0 Å². The number of carbonyl (C=O) groups excluding carboxylic acids is 1. The summed E-state index contributed by atoms with van der Waals surface area (Å²) in [5.41, 5.74) is 1.66. The number of hydrogen-bond donors (Lipinski definition) is 1. The molecular weight excluding hydrogens is 396 g/mol. The van der Waals surface area contributed by atoms with Gasteiger partial charge in [0.05, 0.1) is 24.9 Å². The van der Waals surface area contributed by atoms with E-state index in [0.29, 0.717) is 23.5 Å². The number of urea groups is 1. The molecule has 2 saturated heterocycles. The maximum Gasteiger partial charge on any atom is 0.323 e. The molecule has 1 N–H and O–H groups in total. The number of hydrogen-bond acceptors (Lipinski definition) is 7. The average molecular weight is 422 g/mol. The molecular formula is C22H26N6O3. The van der Waals surface area contributed by atoms with Gasteiger partial charge in [0.2, 0.25) is 0 Å². The number of amides is 2. The van der Waals surface area contributed by atoms with E-state index in [1.807, 2.05) is 36.1 Å². The van der Waals surface area contributed by atoms with Crippen LogP contribution in [0.4, 0.5) is 10.6 Å². The van der Waals surface area contributed by atoms with Crippen molar-refractivity contribution < 1.29 is 13.9 Å². The molecule has 0 bridgehead atoms. The van der Waals surface area contributed by atoms with Crippen LogP contribution < -0.4 is 5.32 Å². The lowest BCUT2D eigenvalue weighted by Gasteiger charge is -2.39. The first kappa shape index (κ1) is 19.9. The molecule has 9 nitrogen and oxygen atoms in total. The van der Waals surface area contributed by atoms with Crippen LogP contribution in [0.15, 0.2) is 34.9 Å². The summed E-state index contributed by atoms with van der Waals surface area (Å²) in [5, 5.41) is 12.2. The number of nitrogens with zero attached hydrogens (tertiary/aromatic N) is 5. The van der Waals surface area contributed by atoms with E-state index in [1.54, 1.807) is 6.20 Å². The molecule has 2 aliphatic rings. The van der Waals surface area contributed by atoms with E-state index in [-0.39, 0.29) is 6.03 Å². The molecule has 2 amide bonds. The number of nitrogens with one attached hydrogen (secondary N) is 1. The topological polar surface area (TPSA) is 96.6 Å². The summed E-state index contributed by atoms with van der Waals surface area (Å²) in [6.07, 6.45) is 3.67. The summed E-state index contributed by atoms with van der Waals surface area (Å²) < 4.78 is 11.1. The normalized spacial score (nSPS) is 18.4. The van der Waals surface area contributed by atoms with Gasteiger partial charge in [-0.05, 0) is 37.1 Å². The van der Waals surface area contributed by atoms with Crippen molar-refractivity contribution in [3.63, 3.8) is 0 Å². The van der Waals surface area contributed by atoms with E-state index in [0.717, 1.165) is 68.7 Å². The van der Waals surface area contributed by atoms with Gasteiger partial charge in [0.1, 0.15) is 0 Å². The van der Waals surface area contributed by atoms with Gasteiger partial charge < -0.3 is 14.1 Å². The third-order valence-electron chi connectivity index (χ3n) is 6.04. The van der Waals surface area contributed by atoms with Gasteiger partial charge in [-0.15, -0.1) is 10.2 Å². The third kappa shape index (κ3) is 4.38. The quantitative estimate of drug-likeness (QED) is 0.693. The minimum Gasteiger partial charge on any atom is -0.441 e. The van der Waals surface area contributed by atoms with Gasteiger partial charge in [-0.1, -0.05) is 0 Å². The van der Waals surface area contributed by atoms with Crippen LogP contribution >= 0.6 is 0 Å². The van der Waals surface area contributed by atoms with E-state index in [2.05, 4.69) is 25.4 Å². The lowest BCUT2D eigenvalue weighted by Crippen LogP contribution is -2.50. The molecule has 9 heteroatoms. The number of morpholine rings is 1. The number of fused-ring (bicyclic) bond motifs is 1. The Hall–Kier alpha value is -3.04. The second-order valence-electron chi connectivity index (χ2n) is 8.04. The molecule has 0 atom stereocenters. The number of rotatable bonds is 3. The van der Waals surface area contributed by atoms with Gasteiger partial charge in [-0.2, -0.15) is 0 Å². The van der Waals surface area contributed by atoms with Crippen LogP contribution in [-0.4, -0.2) is 76.4 Å². The van der Waals surface area contributed by atoms with Crippen molar-refractivity contribution in [1.29, 1.82) is 0 Å². The zero-order valence-corrected chi connectivity index (χ0v) is 17.6. The predicted octanol–water partition coefficient (Wildman–Crippen LogP) is 2.92. The standard InChI is InChI=1S/C22H26N6O3/c1-15-23-14-20(31-15)16-2-3-19-17(12-16)13-21(26-25-19)24-22(29)28-6-4-18(5-7-28)27-8-10-30-11-9-27/h2-3,12-14,18H,4-11H2,1H3,(H,24,26,29). The Labute approximate surface area is 180 Å². The summed E-state index contributed by atoms with van der Waals surface area (Å²) in [6, 6.07) is 8.02. The average Bonchev–Trinajstić information content (AvgIpc) is 3.25. The molecule has 162 valence electrons. The molecule has 5 rings (SSSR count). The molecule has 1 aromatic carbocycles. The maximum atomic E-state index is 12.8. The van der Waals surface area contributed by atoms with Gasteiger partial charge in [0, 0.05) is 50.1 Å². The summed E-state index contributed by atoms with van der Waals surface area (Å²) >= 11 is 0. The van der Waals surface area contributed by atoms with Crippen molar-refractivity contribution in [2.24, 2.45) is 0 Å². The molecule has 0 spiro atoms. The highest BCUT2D eigenvalue weighted by atomic mass is 16.5. The Balaban J connectivity index is 1.24. The molecule has 0 saturated carbocycles. The van der Waals surface area contributed by atoms with Crippen LogP contribution in [0.5, 0.6) is 0 Å².